The Morgan fingerprint density at radius 3 is 2.76 bits per heavy atom. The van der Waals surface area contributed by atoms with Crippen LogP contribution in [-0.4, -0.2) is 24.5 Å². The molecule has 0 radical (unpaired) electrons. The van der Waals surface area contributed by atoms with Gasteiger partial charge < -0.3 is 10.3 Å². The van der Waals surface area contributed by atoms with Crippen LogP contribution in [0.4, 0.5) is 0 Å². The van der Waals surface area contributed by atoms with Crippen LogP contribution < -0.4 is 10.5 Å². The smallest absolute Gasteiger partial charge is 0.215 e. The van der Waals surface area contributed by atoms with Gasteiger partial charge in [0.05, 0.1) is 5.75 Å². The van der Waals surface area contributed by atoms with E-state index in [2.05, 4.69) is 9.71 Å². The van der Waals surface area contributed by atoms with E-state index >= 15 is 0 Å². The van der Waals surface area contributed by atoms with E-state index in [0.29, 0.717) is 19.5 Å². The predicted molar refractivity (Wildman–Crippen MR) is 81.9 cm³/mol. The van der Waals surface area contributed by atoms with Crippen LogP contribution in [0.3, 0.4) is 0 Å². The van der Waals surface area contributed by atoms with Gasteiger partial charge in [-0.2, -0.15) is 0 Å². The van der Waals surface area contributed by atoms with Gasteiger partial charge in [-0.05, 0) is 11.1 Å². The Morgan fingerprint density at radius 1 is 1.33 bits per heavy atom. The maximum Gasteiger partial charge on any atom is 0.215 e. The first-order valence-electron chi connectivity index (χ1n) is 6.71. The van der Waals surface area contributed by atoms with Crippen molar-refractivity contribution in [1.82, 2.24) is 14.3 Å². The molecule has 1 aromatic heterocycles. The van der Waals surface area contributed by atoms with E-state index in [1.807, 2.05) is 36.0 Å². The van der Waals surface area contributed by atoms with E-state index < -0.39 is 10.0 Å². The standard InChI is InChI=1S/C14H20N4O2S/c1-18-8-7-16-14(18)5-6-17-21(19,20)11-13-4-2-3-12(9-13)10-15/h2-4,7-9,17H,5-6,10-11,15H2,1H3. The van der Waals surface area contributed by atoms with Crippen molar-refractivity contribution in [1.29, 1.82) is 0 Å². The number of nitrogens with one attached hydrogen (secondary N) is 1. The number of hydrogen-bond acceptors (Lipinski definition) is 4. The molecule has 0 aliphatic heterocycles. The van der Waals surface area contributed by atoms with E-state index in [4.69, 9.17) is 5.73 Å². The largest absolute Gasteiger partial charge is 0.338 e. The highest BCUT2D eigenvalue weighted by Crippen LogP contribution is 2.08. The Balaban J connectivity index is 1.91. The molecule has 21 heavy (non-hydrogen) atoms. The van der Waals surface area contributed by atoms with Gasteiger partial charge in [0, 0.05) is 39.0 Å². The van der Waals surface area contributed by atoms with Crippen molar-refractivity contribution in [3.63, 3.8) is 0 Å². The zero-order valence-corrected chi connectivity index (χ0v) is 12.8. The quantitative estimate of drug-likeness (QED) is 0.781. The van der Waals surface area contributed by atoms with Crippen LogP contribution in [0, 0.1) is 0 Å². The lowest BCUT2D eigenvalue weighted by Gasteiger charge is -2.08. The fraction of sp³-hybridized carbons (Fsp3) is 0.357. The third-order valence-corrected chi connectivity index (χ3v) is 4.53. The average Bonchev–Trinajstić information content (AvgIpc) is 2.84. The fourth-order valence-corrected chi connectivity index (χ4v) is 3.21. The second-order valence-corrected chi connectivity index (χ2v) is 6.69. The molecule has 2 aromatic rings. The first-order chi connectivity index (χ1) is 10.00. The van der Waals surface area contributed by atoms with E-state index in [9.17, 15) is 8.42 Å². The van der Waals surface area contributed by atoms with E-state index in [1.165, 1.54) is 0 Å². The number of hydrogen-bond donors (Lipinski definition) is 2. The van der Waals surface area contributed by atoms with Crippen LogP contribution in [-0.2, 0) is 35.8 Å². The first kappa shape index (κ1) is 15.7. The van der Waals surface area contributed by atoms with Gasteiger partial charge in [-0.1, -0.05) is 24.3 Å². The van der Waals surface area contributed by atoms with Crippen molar-refractivity contribution in [3.05, 3.63) is 53.6 Å². The molecule has 7 heteroatoms. The molecule has 0 spiro atoms. The summed E-state index contributed by atoms with van der Waals surface area (Å²) in [5.74, 6) is 0.810. The second-order valence-electron chi connectivity index (χ2n) is 4.88. The minimum Gasteiger partial charge on any atom is -0.338 e. The molecule has 1 aromatic carbocycles. The highest BCUT2D eigenvalue weighted by molar-refractivity contribution is 7.88. The topological polar surface area (TPSA) is 90.0 Å². The molecule has 6 nitrogen and oxygen atoms in total. The Kier molecular flexibility index (Phi) is 5.11. The Labute approximate surface area is 125 Å². The van der Waals surface area contributed by atoms with Crippen molar-refractivity contribution >= 4 is 10.0 Å². The molecular weight excluding hydrogens is 288 g/mol. The van der Waals surface area contributed by atoms with Gasteiger partial charge in [-0.25, -0.2) is 18.1 Å². The summed E-state index contributed by atoms with van der Waals surface area (Å²) in [5, 5.41) is 0. The molecule has 114 valence electrons. The summed E-state index contributed by atoms with van der Waals surface area (Å²) >= 11 is 0. The SMILES string of the molecule is Cn1ccnc1CCNS(=O)(=O)Cc1cccc(CN)c1. The average molecular weight is 308 g/mol. The zero-order chi connectivity index (χ0) is 15.3. The number of imidazole rings is 1. The fourth-order valence-electron chi connectivity index (χ4n) is 2.07. The number of rotatable bonds is 7. The third kappa shape index (κ3) is 4.66. The lowest BCUT2D eigenvalue weighted by atomic mass is 10.1. The molecule has 0 atom stereocenters. The summed E-state index contributed by atoms with van der Waals surface area (Å²) < 4.78 is 28.6. The van der Waals surface area contributed by atoms with Crippen LogP contribution >= 0.6 is 0 Å². The summed E-state index contributed by atoms with van der Waals surface area (Å²) in [7, 11) is -1.47. The Bertz CT molecular complexity index is 695. The summed E-state index contributed by atoms with van der Waals surface area (Å²) in [6, 6.07) is 7.31. The maximum atomic E-state index is 12.0. The number of nitrogens with two attached hydrogens (primary N) is 1. The van der Waals surface area contributed by atoms with Crippen LogP contribution in [0.25, 0.3) is 0 Å². The zero-order valence-electron chi connectivity index (χ0n) is 12.0. The molecule has 0 bridgehead atoms. The van der Waals surface area contributed by atoms with Gasteiger partial charge in [-0.15, -0.1) is 0 Å². The highest BCUT2D eigenvalue weighted by Gasteiger charge is 2.11. The number of benzene rings is 1. The normalized spacial score (nSPS) is 11.7. The number of aromatic nitrogens is 2. The van der Waals surface area contributed by atoms with Crippen molar-refractivity contribution in [3.8, 4) is 0 Å². The lowest BCUT2D eigenvalue weighted by Crippen LogP contribution is -2.27. The molecule has 0 aliphatic carbocycles. The molecule has 0 unspecified atom stereocenters. The Hall–Kier alpha value is -1.70. The minimum absolute atomic E-state index is 0.0403. The molecule has 0 saturated carbocycles. The van der Waals surface area contributed by atoms with Gasteiger partial charge in [0.2, 0.25) is 10.0 Å². The summed E-state index contributed by atoms with van der Waals surface area (Å²) in [6.07, 6.45) is 4.09. The summed E-state index contributed by atoms with van der Waals surface area (Å²) in [4.78, 5) is 4.16. The first-order valence-corrected chi connectivity index (χ1v) is 8.37. The molecule has 0 amide bonds. The lowest BCUT2D eigenvalue weighted by molar-refractivity contribution is 0.579. The van der Waals surface area contributed by atoms with Crippen molar-refractivity contribution < 1.29 is 8.42 Å². The van der Waals surface area contributed by atoms with Gasteiger partial charge in [0.1, 0.15) is 5.82 Å². The van der Waals surface area contributed by atoms with Gasteiger partial charge >= 0.3 is 0 Å². The summed E-state index contributed by atoms with van der Waals surface area (Å²) in [6.45, 7) is 0.740. The number of aryl methyl sites for hydroxylation is 1. The van der Waals surface area contributed by atoms with Crippen molar-refractivity contribution in [2.24, 2.45) is 12.8 Å². The number of sulfonamides is 1. The third-order valence-electron chi connectivity index (χ3n) is 3.18. The van der Waals surface area contributed by atoms with Crippen LogP contribution in [0.15, 0.2) is 36.7 Å². The van der Waals surface area contributed by atoms with Crippen molar-refractivity contribution in [2.45, 2.75) is 18.7 Å². The van der Waals surface area contributed by atoms with Crippen LogP contribution in [0.1, 0.15) is 17.0 Å². The maximum absolute atomic E-state index is 12.0. The van der Waals surface area contributed by atoms with Crippen molar-refractivity contribution in [2.75, 3.05) is 6.54 Å². The molecule has 3 N–H and O–H groups in total. The van der Waals surface area contributed by atoms with Crippen LogP contribution in [0.2, 0.25) is 0 Å². The van der Waals surface area contributed by atoms with Gasteiger partial charge in [0.15, 0.2) is 0 Å². The van der Waals surface area contributed by atoms with Gasteiger partial charge in [0.25, 0.3) is 0 Å². The molecule has 0 saturated heterocycles. The molecular formula is C14H20N4O2S. The molecule has 1 heterocycles. The van der Waals surface area contributed by atoms with E-state index in [-0.39, 0.29) is 5.75 Å². The summed E-state index contributed by atoms with van der Waals surface area (Å²) in [5.41, 5.74) is 7.22. The monoisotopic (exact) mass is 308 g/mol. The van der Waals surface area contributed by atoms with Gasteiger partial charge in [-0.3, -0.25) is 0 Å². The van der Waals surface area contributed by atoms with Crippen LogP contribution in [0.5, 0.6) is 0 Å². The minimum atomic E-state index is -3.35. The number of nitrogens with zero attached hydrogens (tertiary/aromatic N) is 2. The van der Waals surface area contributed by atoms with E-state index in [0.717, 1.165) is 17.0 Å². The second kappa shape index (κ2) is 6.84. The van der Waals surface area contributed by atoms with E-state index in [1.54, 1.807) is 12.3 Å². The molecule has 0 fully saturated rings. The predicted octanol–water partition coefficient (Wildman–Crippen LogP) is 0.541. The molecule has 0 aliphatic rings. The highest BCUT2D eigenvalue weighted by atomic mass is 32.2. The Morgan fingerprint density at radius 2 is 2.10 bits per heavy atom. The molecule has 2 rings (SSSR count).